The summed E-state index contributed by atoms with van der Waals surface area (Å²) in [6, 6.07) is 6.13. The van der Waals surface area contributed by atoms with Crippen molar-refractivity contribution in [2.45, 2.75) is 51.4 Å². The zero-order chi connectivity index (χ0) is 19.1. The van der Waals surface area contributed by atoms with Crippen molar-refractivity contribution in [3.8, 4) is 11.5 Å². The van der Waals surface area contributed by atoms with Crippen molar-refractivity contribution < 1.29 is 18.8 Å². The number of aromatic nitrogens is 2. The Morgan fingerprint density at radius 2 is 2.11 bits per heavy atom. The summed E-state index contributed by atoms with van der Waals surface area (Å²) >= 11 is 0. The number of hydrogen-bond donors (Lipinski definition) is 0. The SMILES string of the molecule is CC1(Cc2ccc3c(c2)OCO3)CCC(=O)N(CCc2nc(C3CC3)no2)C1. The Morgan fingerprint density at radius 3 is 2.96 bits per heavy atom. The molecule has 1 aromatic heterocycles. The predicted molar refractivity (Wildman–Crippen MR) is 100 cm³/mol. The standard InChI is InChI=1S/C21H25N3O4/c1-21(11-14-2-5-16-17(10-14)27-13-26-16)8-6-19(25)24(12-21)9-7-18-22-20(23-28-18)15-3-4-15/h2,5,10,15H,3-4,6-9,11-13H2,1H3. The highest BCUT2D eigenvalue weighted by Gasteiger charge is 2.35. The van der Waals surface area contributed by atoms with Crippen LogP contribution in [0, 0.1) is 5.41 Å². The smallest absolute Gasteiger partial charge is 0.231 e. The molecular weight excluding hydrogens is 358 g/mol. The lowest BCUT2D eigenvalue weighted by molar-refractivity contribution is -0.137. The van der Waals surface area contributed by atoms with E-state index in [2.05, 4.69) is 29.2 Å². The quantitative estimate of drug-likeness (QED) is 0.763. The number of ether oxygens (including phenoxy) is 2. The molecule has 7 heteroatoms. The first kappa shape index (κ1) is 17.5. The molecule has 2 aromatic rings. The van der Waals surface area contributed by atoms with Gasteiger partial charge in [-0.1, -0.05) is 18.1 Å². The Morgan fingerprint density at radius 1 is 1.25 bits per heavy atom. The predicted octanol–water partition coefficient (Wildman–Crippen LogP) is 3.09. The first-order valence-electron chi connectivity index (χ1n) is 10.1. The van der Waals surface area contributed by atoms with Gasteiger partial charge in [-0.15, -0.1) is 0 Å². The molecule has 0 N–H and O–H groups in total. The number of amides is 1. The van der Waals surface area contributed by atoms with Gasteiger partial charge in [-0.25, -0.2) is 0 Å². The van der Waals surface area contributed by atoms with Crippen LogP contribution in [0.15, 0.2) is 22.7 Å². The highest BCUT2D eigenvalue weighted by atomic mass is 16.7. The van der Waals surface area contributed by atoms with Crippen LogP contribution in [0.25, 0.3) is 0 Å². The van der Waals surface area contributed by atoms with Crippen molar-refractivity contribution in [1.29, 1.82) is 0 Å². The maximum absolute atomic E-state index is 12.5. The zero-order valence-corrected chi connectivity index (χ0v) is 16.1. The lowest BCUT2D eigenvalue weighted by Crippen LogP contribution is -2.46. The summed E-state index contributed by atoms with van der Waals surface area (Å²) in [6.45, 7) is 3.91. The van der Waals surface area contributed by atoms with Crippen LogP contribution in [-0.4, -0.2) is 40.8 Å². The number of piperidine rings is 1. The van der Waals surface area contributed by atoms with Crippen molar-refractivity contribution >= 4 is 5.91 Å². The van der Waals surface area contributed by atoms with E-state index >= 15 is 0 Å². The summed E-state index contributed by atoms with van der Waals surface area (Å²) in [6.07, 6.45) is 5.30. The minimum absolute atomic E-state index is 0.0373. The molecule has 148 valence electrons. The van der Waals surface area contributed by atoms with E-state index < -0.39 is 0 Å². The average Bonchev–Trinajstić information content (AvgIpc) is 3.24. The third-order valence-electron chi connectivity index (χ3n) is 5.96. The maximum atomic E-state index is 12.5. The van der Waals surface area contributed by atoms with E-state index in [0.29, 0.717) is 31.2 Å². The van der Waals surface area contributed by atoms with E-state index in [9.17, 15) is 4.79 Å². The van der Waals surface area contributed by atoms with Gasteiger partial charge < -0.3 is 18.9 Å². The van der Waals surface area contributed by atoms with E-state index in [1.807, 2.05) is 11.0 Å². The molecule has 3 aliphatic rings. The molecule has 0 bridgehead atoms. The van der Waals surface area contributed by atoms with Gasteiger partial charge in [0.1, 0.15) is 0 Å². The van der Waals surface area contributed by atoms with Crippen LogP contribution in [0.2, 0.25) is 0 Å². The Labute approximate surface area is 164 Å². The van der Waals surface area contributed by atoms with Crippen molar-refractivity contribution in [3.63, 3.8) is 0 Å². The van der Waals surface area contributed by atoms with Gasteiger partial charge >= 0.3 is 0 Å². The summed E-state index contributed by atoms with van der Waals surface area (Å²) in [5.41, 5.74) is 1.25. The third kappa shape index (κ3) is 3.57. The van der Waals surface area contributed by atoms with Gasteiger partial charge in [-0.05, 0) is 48.8 Å². The molecule has 1 unspecified atom stereocenters. The first-order chi connectivity index (χ1) is 13.6. The lowest BCUT2D eigenvalue weighted by atomic mass is 9.76. The number of carbonyl (C=O) groups excluding carboxylic acids is 1. The Balaban J connectivity index is 1.22. The fourth-order valence-corrected chi connectivity index (χ4v) is 4.19. The summed E-state index contributed by atoms with van der Waals surface area (Å²) in [5.74, 6) is 3.78. The highest BCUT2D eigenvalue weighted by Crippen LogP contribution is 2.39. The second-order valence-corrected chi connectivity index (χ2v) is 8.56. The molecule has 28 heavy (non-hydrogen) atoms. The number of fused-ring (bicyclic) bond motifs is 1. The van der Waals surface area contributed by atoms with Crippen molar-refractivity contribution in [3.05, 3.63) is 35.5 Å². The van der Waals surface area contributed by atoms with Crippen LogP contribution in [-0.2, 0) is 17.6 Å². The highest BCUT2D eigenvalue weighted by molar-refractivity contribution is 5.77. The number of benzene rings is 1. The molecule has 5 rings (SSSR count). The maximum Gasteiger partial charge on any atom is 0.231 e. The van der Waals surface area contributed by atoms with E-state index in [-0.39, 0.29) is 18.1 Å². The topological polar surface area (TPSA) is 77.7 Å². The fraction of sp³-hybridized carbons (Fsp3) is 0.571. The van der Waals surface area contributed by atoms with Crippen LogP contribution >= 0.6 is 0 Å². The molecule has 0 radical (unpaired) electrons. The second-order valence-electron chi connectivity index (χ2n) is 8.56. The molecule has 1 aliphatic carbocycles. The molecule has 1 amide bonds. The summed E-state index contributed by atoms with van der Waals surface area (Å²) in [5, 5.41) is 4.06. The minimum atomic E-state index is 0.0373. The van der Waals surface area contributed by atoms with Crippen LogP contribution in [0.1, 0.15) is 55.8 Å². The van der Waals surface area contributed by atoms with Crippen molar-refractivity contribution in [1.82, 2.24) is 15.0 Å². The Kier molecular flexibility index (Phi) is 4.25. The number of rotatable bonds is 6. The number of likely N-dealkylation sites (tertiary alicyclic amines) is 1. The first-order valence-corrected chi connectivity index (χ1v) is 10.1. The second kappa shape index (κ2) is 6.79. The third-order valence-corrected chi connectivity index (χ3v) is 5.96. The monoisotopic (exact) mass is 383 g/mol. The fourth-order valence-electron chi connectivity index (χ4n) is 4.19. The summed E-state index contributed by atoms with van der Waals surface area (Å²) < 4.78 is 16.3. The van der Waals surface area contributed by atoms with Crippen LogP contribution in [0.3, 0.4) is 0 Å². The van der Waals surface area contributed by atoms with E-state index in [0.717, 1.165) is 49.6 Å². The van der Waals surface area contributed by atoms with Crippen LogP contribution in [0.4, 0.5) is 0 Å². The molecular formula is C21H25N3O4. The van der Waals surface area contributed by atoms with E-state index in [1.165, 1.54) is 5.56 Å². The van der Waals surface area contributed by atoms with Crippen LogP contribution < -0.4 is 9.47 Å². The summed E-state index contributed by atoms with van der Waals surface area (Å²) in [7, 11) is 0. The molecule has 3 heterocycles. The minimum Gasteiger partial charge on any atom is -0.454 e. The van der Waals surface area contributed by atoms with Gasteiger partial charge in [0.05, 0.1) is 0 Å². The molecule has 7 nitrogen and oxygen atoms in total. The van der Waals surface area contributed by atoms with Gasteiger partial charge in [0.15, 0.2) is 17.3 Å². The van der Waals surface area contributed by atoms with Crippen LogP contribution in [0.5, 0.6) is 11.5 Å². The van der Waals surface area contributed by atoms with Gasteiger partial charge in [-0.3, -0.25) is 4.79 Å². The van der Waals surface area contributed by atoms with Gasteiger partial charge in [0, 0.05) is 31.8 Å². The lowest BCUT2D eigenvalue weighted by Gasteiger charge is -2.40. The molecule has 0 spiro atoms. The van der Waals surface area contributed by atoms with Gasteiger partial charge in [0.2, 0.25) is 18.6 Å². The van der Waals surface area contributed by atoms with Gasteiger partial charge in [-0.2, -0.15) is 4.98 Å². The number of nitrogens with zero attached hydrogens (tertiary/aromatic N) is 3. The Hall–Kier alpha value is -2.57. The average molecular weight is 383 g/mol. The van der Waals surface area contributed by atoms with E-state index in [4.69, 9.17) is 14.0 Å². The van der Waals surface area contributed by atoms with Gasteiger partial charge in [0.25, 0.3) is 0 Å². The molecule has 1 saturated carbocycles. The van der Waals surface area contributed by atoms with Crippen molar-refractivity contribution in [2.24, 2.45) is 5.41 Å². The largest absolute Gasteiger partial charge is 0.454 e. The number of carbonyl (C=O) groups is 1. The molecule has 1 aromatic carbocycles. The normalized spacial score (nSPS) is 24.0. The van der Waals surface area contributed by atoms with E-state index in [1.54, 1.807) is 0 Å². The summed E-state index contributed by atoms with van der Waals surface area (Å²) in [4.78, 5) is 18.9. The molecule has 1 atom stereocenters. The molecule has 2 aliphatic heterocycles. The number of hydrogen-bond acceptors (Lipinski definition) is 6. The van der Waals surface area contributed by atoms with Crippen molar-refractivity contribution in [2.75, 3.05) is 19.9 Å². The zero-order valence-electron chi connectivity index (χ0n) is 16.1. The molecule has 1 saturated heterocycles. The molecule has 2 fully saturated rings. The Bertz CT molecular complexity index is 892.